The Morgan fingerprint density at radius 2 is 2.20 bits per heavy atom. The molecule has 0 aromatic rings. The lowest BCUT2D eigenvalue weighted by Gasteiger charge is -2.00. The van der Waals surface area contributed by atoms with Crippen molar-refractivity contribution in [3.05, 3.63) is 12.2 Å². The predicted molar refractivity (Wildman–Crippen MR) is 40.7 cm³/mol. The minimum absolute atomic E-state index is 0.247. The molecule has 0 aliphatic heterocycles. The Bertz CT molecular complexity index is 108. The number of allylic oxidation sites excluding steroid dienone is 1. The highest BCUT2D eigenvalue weighted by molar-refractivity contribution is 5.51. The van der Waals surface area contributed by atoms with Gasteiger partial charge in [-0.15, -0.1) is 0 Å². The Morgan fingerprint density at radius 1 is 1.50 bits per heavy atom. The van der Waals surface area contributed by atoms with Crippen molar-refractivity contribution in [2.24, 2.45) is 0 Å². The number of aliphatic hydroxyl groups excluding tert-OH is 1. The second kappa shape index (κ2) is 6.49. The van der Waals surface area contributed by atoms with Crippen LogP contribution >= 0.6 is 0 Å². The minimum atomic E-state index is -0.247. The van der Waals surface area contributed by atoms with E-state index in [1.165, 1.54) is 0 Å². The van der Waals surface area contributed by atoms with E-state index in [1.54, 1.807) is 6.08 Å². The summed E-state index contributed by atoms with van der Waals surface area (Å²) in [6.07, 6.45) is 6.08. The molecule has 10 heavy (non-hydrogen) atoms. The minimum Gasteiger partial charge on any atom is -0.393 e. The van der Waals surface area contributed by atoms with Gasteiger partial charge >= 0.3 is 0 Å². The van der Waals surface area contributed by atoms with Crippen molar-refractivity contribution in [3.63, 3.8) is 0 Å². The standard InChI is InChI=1S/C8H14O2/c1-2-8(10)6-4-3-5-7-9/h3-4,7-8,10H,2,5-6H2,1H3. The maximum absolute atomic E-state index is 9.81. The van der Waals surface area contributed by atoms with E-state index in [2.05, 4.69) is 0 Å². The van der Waals surface area contributed by atoms with E-state index in [4.69, 9.17) is 5.11 Å². The molecule has 1 atom stereocenters. The van der Waals surface area contributed by atoms with Crippen molar-refractivity contribution in [1.29, 1.82) is 0 Å². The summed E-state index contributed by atoms with van der Waals surface area (Å²) in [6.45, 7) is 1.93. The SMILES string of the molecule is CCC(O)CC=CCC=O. The van der Waals surface area contributed by atoms with E-state index in [-0.39, 0.29) is 6.10 Å². The highest BCUT2D eigenvalue weighted by Gasteiger charge is 1.94. The molecule has 2 nitrogen and oxygen atoms in total. The zero-order valence-corrected chi connectivity index (χ0v) is 6.29. The van der Waals surface area contributed by atoms with Crippen LogP contribution in [0.25, 0.3) is 0 Å². The fraction of sp³-hybridized carbons (Fsp3) is 0.625. The third-order valence-electron chi connectivity index (χ3n) is 1.28. The van der Waals surface area contributed by atoms with E-state index < -0.39 is 0 Å². The molecule has 0 heterocycles. The summed E-state index contributed by atoms with van der Waals surface area (Å²) >= 11 is 0. The predicted octanol–water partition coefficient (Wildman–Crippen LogP) is 1.29. The normalized spacial score (nSPS) is 13.8. The van der Waals surface area contributed by atoms with Crippen molar-refractivity contribution in [2.75, 3.05) is 0 Å². The maximum atomic E-state index is 9.81. The van der Waals surface area contributed by atoms with E-state index in [0.29, 0.717) is 12.8 Å². The van der Waals surface area contributed by atoms with Gasteiger partial charge in [0, 0.05) is 6.42 Å². The van der Waals surface area contributed by atoms with E-state index in [9.17, 15) is 4.79 Å². The van der Waals surface area contributed by atoms with Crippen molar-refractivity contribution in [2.45, 2.75) is 32.3 Å². The summed E-state index contributed by atoms with van der Waals surface area (Å²) in [5.74, 6) is 0. The molecule has 1 N–H and O–H groups in total. The molecular formula is C8H14O2. The number of hydrogen-bond acceptors (Lipinski definition) is 2. The fourth-order valence-corrected chi connectivity index (χ4v) is 0.572. The molecule has 0 saturated heterocycles. The van der Waals surface area contributed by atoms with Crippen LogP contribution in [0.2, 0.25) is 0 Å². The van der Waals surface area contributed by atoms with Crippen molar-refractivity contribution < 1.29 is 9.90 Å². The van der Waals surface area contributed by atoms with Gasteiger partial charge in [0.05, 0.1) is 6.10 Å². The Morgan fingerprint density at radius 3 is 2.70 bits per heavy atom. The molecule has 0 aromatic heterocycles. The van der Waals surface area contributed by atoms with Crippen LogP contribution in [0.15, 0.2) is 12.2 Å². The summed E-state index contributed by atoms with van der Waals surface area (Å²) in [7, 11) is 0. The molecule has 0 radical (unpaired) electrons. The second-order valence-corrected chi connectivity index (χ2v) is 2.17. The van der Waals surface area contributed by atoms with Crippen LogP contribution in [0, 0.1) is 0 Å². The average molecular weight is 142 g/mol. The molecule has 0 aliphatic rings. The van der Waals surface area contributed by atoms with Crippen LogP contribution < -0.4 is 0 Å². The average Bonchev–Trinajstić information content (AvgIpc) is 1.98. The Kier molecular flexibility index (Phi) is 6.08. The molecule has 0 saturated carbocycles. The van der Waals surface area contributed by atoms with Crippen molar-refractivity contribution >= 4 is 6.29 Å². The summed E-state index contributed by atoms with van der Waals surface area (Å²) in [5.41, 5.74) is 0. The molecule has 2 heteroatoms. The van der Waals surface area contributed by atoms with Crippen molar-refractivity contribution in [1.82, 2.24) is 0 Å². The van der Waals surface area contributed by atoms with E-state index in [1.807, 2.05) is 13.0 Å². The quantitative estimate of drug-likeness (QED) is 0.464. The highest BCUT2D eigenvalue weighted by atomic mass is 16.3. The third kappa shape index (κ3) is 5.51. The molecule has 0 rings (SSSR count). The van der Waals surface area contributed by atoms with Gasteiger partial charge < -0.3 is 9.90 Å². The highest BCUT2D eigenvalue weighted by Crippen LogP contribution is 1.97. The number of carbonyl (C=O) groups is 1. The summed E-state index contributed by atoms with van der Waals surface area (Å²) < 4.78 is 0. The lowest BCUT2D eigenvalue weighted by atomic mass is 10.2. The molecule has 58 valence electrons. The van der Waals surface area contributed by atoms with Gasteiger partial charge in [-0.1, -0.05) is 19.1 Å². The Labute approximate surface area is 61.6 Å². The number of aldehydes is 1. The van der Waals surface area contributed by atoms with Crippen LogP contribution in [0.1, 0.15) is 26.2 Å². The first kappa shape index (κ1) is 9.37. The van der Waals surface area contributed by atoms with Gasteiger partial charge in [0.25, 0.3) is 0 Å². The molecule has 1 unspecified atom stereocenters. The van der Waals surface area contributed by atoms with Crippen molar-refractivity contribution in [3.8, 4) is 0 Å². The number of hydrogen-bond donors (Lipinski definition) is 1. The monoisotopic (exact) mass is 142 g/mol. The van der Waals surface area contributed by atoms with Crippen LogP contribution in [0.3, 0.4) is 0 Å². The second-order valence-electron chi connectivity index (χ2n) is 2.17. The molecule has 0 fully saturated rings. The third-order valence-corrected chi connectivity index (χ3v) is 1.28. The molecule has 0 amide bonds. The lowest BCUT2D eigenvalue weighted by molar-refractivity contribution is -0.107. The zero-order chi connectivity index (χ0) is 7.82. The van der Waals surface area contributed by atoms with Gasteiger partial charge in [0.2, 0.25) is 0 Å². The first-order valence-corrected chi connectivity index (χ1v) is 3.58. The lowest BCUT2D eigenvalue weighted by Crippen LogP contribution is -2.00. The van der Waals surface area contributed by atoms with Gasteiger partial charge in [-0.2, -0.15) is 0 Å². The Hall–Kier alpha value is -0.630. The largest absolute Gasteiger partial charge is 0.393 e. The van der Waals surface area contributed by atoms with Gasteiger partial charge in [-0.05, 0) is 12.8 Å². The molecule has 0 aromatic carbocycles. The molecule has 0 aliphatic carbocycles. The number of carbonyl (C=O) groups excluding carboxylic acids is 1. The van der Waals surface area contributed by atoms with E-state index >= 15 is 0 Å². The maximum Gasteiger partial charge on any atom is 0.123 e. The summed E-state index contributed by atoms with van der Waals surface area (Å²) in [6, 6.07) is 0. The summed E-state index contributed by atoms with van der Waals surface area (Å²) in [5, 5.41) is 9.02. The molecule has 0 spiro atoms. The van der Waals surface area contributed by atoms with E-state index in [0.717, 1.165) is 12.7 Å². The van der Waals surface area contributed by atoms with Crippen LogP contribution in [0.5, 0.6) is 0 Å². The topological polar surface area (TPSA) is 37.3 Å². The first-order chi connectivity index (χ1) is 4.81. The Balaban J connectivity index is 3.24. The first-order valence-electron chi connectivity index (χ1n) is 3.58. The van der Waals surface area contributed by atoms with Crippen LogP contribution in [0.4, 0.5) is 0 Å². The van der Waals surface area contributed by atoms with Crippen LogP contribution in [-0.4, -0.2) is 17.5 Å². The molecular weight excluding hydrogens is 128 g/mol. The molecule has 0 bridgehead atoms. The zero-order valence-electron chi connectivity index (χ0n) is 6.29. The fourth-order valence-electron chi connectivity index (χ4n) is 0.572. The van der Waals surface area contributed by atoms with Gasteiger partial charge in [-0.3, -0.25) is 0 Å². The number of aliphatic hydroxyl groups is 1. The van der Waals surface area contributed by atoms with Gasteiger partial charge in [0.1, 0.15) is 6.29 Å². The van der Waals surface area contributed by atoms with Crippen LogP contribution in [-0.2, 0) is 4.79 Å². The van der Waals surface area contributed by atoms with Gasteiger partial charge in [0.15, 0.2) is 0 Å². The van der Waals surface area contributed by atoms with Gasteiger partial charge in [-0.25, -0.2) is 0 Å². The summed E-state index contributed by atoms with van der Waals surface area (Å²) in [4.78, 5) is 9.81. The number of rotatable bonds is 5. The smallest absolute Gasteiger partial charge is 0.123 e.